The summed E-state index contributed by atoms with van der Waals surface area (Å²) < 4.78 is 12.4. The van der Waals surface area contributed by atoms with E-state index in [2.05, 4.69) is 15.7 Å². The minimum atomic E-state index is -0.319. The normalized spacial score (nSPS) is 12.4. The van der Waals surface area contributed by atoms with E-state index in [0.29, 0.717) is 23.9 Å². The quantitative estimate of drug-likeness (QED) is 0.665. The van der Waals surface area contributed by atoms with Gasteiger partial charge in [-0.25, -0.2) is 4.68 Å². The number of hydrogen-bond acceptors (Lipinski definition) is 6. The first-order chi connectivity index (χ1) is 13.6. The van der Waals surface area contributed by atoms with Crippen molar-refractivity contribution in [2.24, 2.45) is 0 Å². The molecule has 0 aliphatic carbocycles. The Morgan fingerprint density at radius 2 is 2.00 bits per heavy atom. The second-order valence-corrected chi connectivity index (χ2v) is 7.25. The number of carbonyl (C=O) groups is 2. The van der Waals surface area contributed by atoms with Crippen LogP contribution in [-0.2, 0) is 27.6 Å². The number of anilines is 1. The van der Waals surface area contributed by atoms with Gasteiger partial charge >= 0.3 is 0 Å². The summed E-state index contributed by atoms with van der Waals surface area (Å²) in [6.45, 7) is 2.51. The molecule has 8 nitrogen and oxygen atoms in total. The van der Waals surface area contributed by atoms with Gasteiger partial charge in [0.25, 0.3) is 5.91 Å². The number of ether oxygens (including phenoxy) is 2. The van der Waals surface area contributed by atoms with Crippen LogP contribution in [0.4, 0.5) is 5.82 Å². The van der Waals surface area contributed by atoms with Crippen LogP contribution in [0.5, 0.6) is 11.5 Å². The SMILES string of the molecule is CCCNC(=O)Cn1nc2c(c1NC(=O)COc1ccccc1OC)CSC2. The van der Waals surface area contributed by atoms with E-state index in [1.165, 1.54) is 0 Å². The highest BCUT2D eigenvalue weighted by atomic mass is 32.2. The molecule has 1 aromatic carbocycles. The molecule has 0 fully saturated rings. The number of rotatable bonds is 9. The van der Waals surface area contributed by atoms with Crippen LogP contribution in [-0.4, -0.2) is 41.9 Å². The van der Waals surface area contributed by atoms with Crippen LogP contribution < -0.4 is 20.1 Å². The van der Waals surface area contributed by atoms with Gasteiger partial charge in [0.1, 0.15) is 12.4 Å². The highest BCUT2D eigenvalue weighted by Gasteiger charge is 2.25. The van der Waals surface area contributed by atoms with Crippen LogP contribution in [0.2, 0.25) is 0 Å². The lowest BCUT2D eigenvalue weighted by molar-refractivity contribution is -0.122. The zero-order valence-electron chi connectivity index (χ0n) is 16.0. The van der Waals surface area contributed by atoms with E-state index < -0.39 is 0 Å². The molecule has 1 aliphatic rings. The van der Waals surface area contributed by atoms with Gasteiger partial charge in [0, 0.05) is 23.6 Å². The Hall–Kier alpha value is -2.68. The maximum atomic E-state index is 12.5. The average Bonchev–Trinajstić information content (AvgIpc) is 3.27. The fourth-order valence-corrected chi connectivity index (χ4v) is 3.86. The molecule has 0 radical (unpaired) electrons. The topological polar surface area (TPSA) is 94.5 Å². The van der Waals surface area contributed by atoms with Gasteiger partial charge in [-0.1, -0.05) is 19.1 Å². The molecule has 0 unspecified atom stereocenters. The van der Waals surface area contributed by atoms with Gasteiger partial charge in [0.2, 0.25) is 5.91 Å². The van der Waals surface area contributed by atoms with E-state index in [4.69, 9.17) is 9.47 Å². The van der Waals surface area contributed by atoms with Crippen LogP contribution in [0.25, 0.3) is 0 Å². The van der Waals surface area contributed by atoms with Crippen LogP contribution in [0.1, 0.15) is 24.6 Å². The van der Waals surface area contributed by atoms with Crippen molar-refractivity contribution in [1.82, 2.24) is 15.1 Å². The molecule has 9 heteroatoms. The summed E-state index contributed by atoms with van der Waals surface area (Å²) in [6.07, 6.45) is 0.863. The van der Waals surface area contributed by atoms with Gasteiger partial charge in [0.15, 0.2) is 18.1 Å². The highest BCUT2D eigenvalue weighted by molar-refractivity contribution is 7.98. The van der Waals surface area contributed by atoms with Crippen molar-refractivity contribution < 1.29 is 19.1 Å². The van der Waals surface area contributed by atoms with Gasteiger partial charge in [-0.15, -0.1) is 0 Å². The molecule has 3 rings (SSSR count). The van der Waals surface area contributed by atoms with Crippen molar-refractivity contribution in [2.75, 3.05) is 25.6 Å². The van der Waals surface area contributed by atoms with Crippen molar-refractivity contribution in [2.45, 2.75) is 31.4 Å². The van der Waals surface area contributed by atoms with Crippen molar-refractivity contribution in [3.05, 3.63) is 35.5 Å². The van der Waals surface area contributed by atoms with Gasteiger partial charge in [-0.3, -0.25) is 9.59 Å². The summed E-state index contributed by atoms with van der Waals surface area (Å²) in [5.74, 6) is 2.71. The first-order valence-corrected chi connectivity index (χ1v) is 10.3. The van der Waals surface area contributed by atoms with Gasteiger partial charge in [0.05, 0.1) is 12.8 Å². The third-order valence-electron chi connectivity index (χ3n) is 4.17. The Labute approximate surface area is 168 Å². The smallest absolute Gasteiger partial charge is 0.263 e. The summed E-state index contributed by atoms with van der Waals surface area (Å²) in [5, 5.41) is 10.2. The average molecular weight is 404 g/mol. The van der Waals surface area contributed by atoms with Crippen LogP contribution >= 0.6 is 11.8 Å². The number of thioether (sulfide) groups is 1. The second-order valence-electron chi connectivity index (χ2n) is 6.26. The Balaban J connectivity index is 1.67. The van der Waals surface area contributed by atoms with Crippen molar-refractivity contribution in [3.8, 4) is 11.5 Å². The van der Waals surface area contributed by atoms with Crippen molar-refractivity contribution in [3.63, 3.8) is 0 Å². The molecule has 2 N–H and O–H groups in total. The van der Waals surface area contributed by atoms with E-state index in [9.17, 15) is 9.59 Å². The van der Waals surface area contributed by atoms with E-state index >= 15 is 0 Å². The Kier molecular flexibility index (Phi) is 6.80. The molecule has 0 saturated carbocycles. The van der Waals surface area contributed by atoms with E-state index in [-0.39, 0.29) is 25.0 Å². The Morgan fingerprint density at radius 3 is 2.75 bits per heavy atom. The van der Waals surface area contributed by atoms with Crippen molar-refractivity contribution >= 4 is 29.4 Å². The molecule has 28 heavy (non-hydrogen) atoms. The molecule has 1 aromatic heterocycles. The van der Waals surface area contributed by atoms with Crippen LogP contribution in [0, 0.1) is 0 Å². The Bertz CT molecular complexity index is 852. The third-order valence-corrected chi connectivity index (χ3v) is 5.14. The minimum Gasteiger partial charge on any atom is -0.493 e. The molecule has 2 amide bonds. The van der Waals surface area contributed by atoms with Gasteiger partial charge < -0.3 is 20.1 Å². The van der Waals surface area contributed by atoms with Crippen LogP contribution in [0.15, 0.2) is 24.3 Å². The molecule has 2 aromatic rings. The summed E-state index contributed by atoms with van der Waals surface area (Å²) in [7, 11) is 1.55. The number of amides is 2. The van der Waals surface area contributed by atoms with E-state index in [1.54, 1.807) is 35.7 Å². The number of nitrogens with zero attached hydrogens (tertiary/aromatic N) is 2. The summed E-state index contributed by atoms with van der Waals surface area (Å²) in [4.78, 5) is 24.6. The molecule has 0 saturated heterocycles. The number of benzene rings is 1. The molecule has 0 spiro atoms. The zero-order chi connectivity index (χ0) is 19.9. The number of carbonyl (C=O) groups excluding carboxylic acids is 2. The molecular weight excluding hydrogens is 380 g/mol. The first kappa shape index (κ1) is 20.1. The number of hydrogen-bond donors (Lipinski definition) is 2. The minimum absolute atomic E-state index is 0.0701. The van der Waals surface area contributed by atoms with E-state index in [0.717, 1.165) is 29.2 Å². The zero-order valence-corrected chi connectivity index (χ0v) is 16.8. The third kappa shape index (κ3) is 4.78. The maximum absolute atomic E-state index is 12.5. The maximum Gasteiger partial charge on any atom is 0.263 e. The summed E-state index contributed by atoms with van der Waals surface area (Å²) in [5.41, 5.74) is 1.88. The largest absolute Gasteiger partial charge is 0.493 e. The predicted molar refractivity (Wildman–Crippen MR) is 108 cm³/mol. The number of nitrogens with one attached hydrogen (secondary N) is 2. The monoisotopic (exact) mass is 404 g/mol. The fraction of sp³-hybridized carbons (Fsp3) is 0.421. The molecule has 0 atom stereocenters. The standard InChI is InChI=1S/C19H24N4O4S/c1-3-8-20-17(24)9-23-19(13-11-28-12-14(13)22-23)21-18(25)10-27-16-7-5-4-6-15(16)26-2/h4-7H,3,8-12H2,1-2H3,(H,20,24)(H,21,25). The van der Waals surface area contributed by atoms with Crippen molar-refractivity contribution in [1.29, 1.82) is 0 Å². The molecule has 1 aliphatic heterocycles. The lowest BCUT2D eigenvalue weighted by Gasteiger charge is -2.13. The number of methoxy groups -OCH3 is 1. The number of para-hydroxylation sites is 2. The van der Waals surface area contributed by atoms with E-state index in [1.807, 2.05) is 19.1 Å². The van der Waals surface area contributed by atoms with Gasteiger partial charge in [-0.2, -0.15) is 16.9 Å². The second kappa shape index (κ2) is 9.50. The lowest BCUT2D eigenvalue weighted by atomic mass is 10.3. The molecule has 150 valence electrons. The highest BCUT2D eigenvalue weighted by Crippen LogP contribution is 2.34. The first-order valence-electron chi connectivity index (χ1n) is 9.11. The molecule has 0 bridgehead atoms. The predicted octanol–water partition coefficient (Wildman–Crippen LogP) is 2.18. The number of fused-ring (bicyclic) bond motifs is 1. The molecule has 2 heterocycles. The fourth-order valence-electron chi connectivity index (χ4n) is 2.83. The van der Waals surface area contributed by atoms with Gasteiger partial charge in [-0.05, 0) is 18.6 Å². The van der Waals surface area contributed by atoms with Crippen LogP contribution in [0.3, 0.4) is 0 Å². The molecular formula is C19H24N4O4S. The summed E-state index contributed by atoms with van der Waals surface area (Å²) >= 11 is 1.73. The summed E-state index contributed by atoms with van der Waals surface area (Å²) in [6, 6.07) is 7.14. The number of aromatic nitrogens is 2. The Morgan fingerprint density at radius 1 is 1.21 bits per heavy atom. The lowest BCUT2D eigenvalue weighted by Crippen LogP contribution is -2.30.